The first kappa shape index (κ1) is 13.9. The molecule has 0 amide bonds. The van der Waals surface area contributed by atoms with Gasteiger partial charge in [-0.15, -0.1) is 0 Å². The van der Waals surface area contributed by atoms with Crippen molar-refractivity contribution in [2.45, 2.75) is 19.4 Å². The van der Waals surface area contributed by atoms with Crippen LogP contribution in [-0.2, 0) is 6.61 Å². The summed E-state index contributed by atoms with van der Waals surface area (Å²) in [4.78, 5) is 0. The quantitative estimate of drug-likeness (QED) is 0.896. The molecule has 0 aliphatic rings. The molecular formula is C16H18ClNO. The second kappa shape index (κ2) is 6.60. The molecule has 2 N–H and O–H groups in total. The van der Waals surface area contributed by atoms with Crippen molar-refractivity contribution in [1.82, 2.24) is 0 Å². The van der Waals surface area contributed by atoms with Gasteiger partial charge in [-0.2, -0.15) is 0 Å². The van der Waals surface area contributed by atoms with E-state index in [-0.39, 0.29) is 0 Å². The lowest BCUT2D eigenvalue weighted by Crippen LogP contribution is -2.08. The number of nitrogens with two attached hydrogens (primary N) is 1. The van der Waals surface area contributed by atoms with E-state index in [0.717, 1.165) is 11.3 Å². The van der Waals surface area contributed by atoms with E-state index in [0.29, 0.717) is 24.1 Å². The van der Waals surface area contributed by atoms with Crippen molar-refractivity contribution in [3.8, 4) is 5.75 Å². The Morgan fingerprint density at radius 2 is 1.68 bits per heavy atom. The molecule has 0 saturated carbocycles. The predicted octanol–water partition coefficient (Wildman–Crippen LogP) is 3.98. The number of halogens is 1. The van der Waals surface area contributed by atoms with Crippen LogP contribution in [0, 0.1) is 0 Å². The lowest BCUT2D eigenvalue weighted by atomic mass is 10.0. The minimum absolute atomic E-state index is 0.395. The van der Waals surface area contributed by atoms with Gasteiger partial charge < -0.3 is 10.5 Å². The highest BCUT2D eigenvalue weighted by Gasteiger charge is 2.03. The van der Waals surface area contributed by atoms with Crippen LogP contribution in [0.15, 0.2) is 48.5 Å². The Hall–Kier alpha value is -1.51. The number of benzene rings is 2. The van der Waals surface area contributed by atoms with Crippen molar-refractivity contribution in [2.75, 3.05) is 6.54 Å². The van der Waals surface area contributed by atoms with Gasteiger partial charge in [-0.1, -0.05) is 42.8 Å². The Kier molecular flexibility index (Phi) is 4.83. The second-order valence-corrected chi connectivity index (χ2v) is 5.06. The Balaban J connectivity index is 1.94. The molecule has 2 rings (SSSR count). The van der Waals surface area contributed by atoms with Gasteiger partial charge in [0.15, 0.2) is 0 Å². The summed E-state index contributed by atoms with van der Waals surface area (Å²) < 4.78 is 5.69. The van der Waals surface area contributed by atoms with Crippen molar-refractivity contribution >= 4 is 11.6 Å². The molecule has 1 unspecified atom stereocenters. The number of rotatable bonds is 5. The van der Waals surface area contributed by atoms with Crippen LogP contribution in [0.2, 0.25) is 5.02 Å². The fourth-order valence-corrected chi connectivity index (χ4v) is 1.90. The third-order valence-corrected chi connectivity index (χ3v) is 3.37. The van der Waals surface area contributed by atoms with Gasteiger partial charge in [-0.3, -0.25) is 0 Å². The molecule has 19 heavy (non-hydrogen) atoms. The minimum atomic E-state index is 0.395. The first-order valence-corrected chi connectivity index (χ1v) is 6.74. The molecule has 1 atom stereocenters. The molecule has 0 spiro atoms. The maximum absolute atomic E-state index is 5.82. The van der Waals surface area contributed by atoms with E-state index in [9.17, 15) is 0 Å². The monoisotopic (exact) mass is 275 g/mol. The molecule has 0 aromatic heterocycles. The van der Waals surface area contributed by atoms with E-state index in [1.54, 1.807) is 0 Å². The average Bonchev–Trinajstić information content (AvgIpc) is 2.46. The van der Waals surface area contributed by atoms with Gasteiger partial charge in [0.1, 0.15) is 12.4 Å². The van der Waals surface area contributed by atoms with E-state index in [1.807, 2.05) is 24.3 Å². The fraction of sp³-hybridized carbons (Fsp3) is 0.250. The van der Waals surface area contributed by atoms with Gasteiger partial charge in [-0.05, 0) is 47.9 Å². The number of hydrogen-bond donors (Lipinski definition) is 1. The summed E-state index contributed by atoms with van der Waals surface area (Å²) >= 11 is 5.82. The normalized spacial score (nSPS) is 12.2. The maximum Gasteiger partial charge on any atom is 0.119 e. The van der Waals surface area contributed by atoms with Crippen molar-refractivity contribution < 1.29 is 4.74 Å². The van der Waals surface area contributed by atoms with Crippen molar-refractivity contribution in [3.63, 3.8) is 0 Å². The average molecular weight is 276 g/mol. The second-order valence-electron chi connectivity index (χ2n) is 4.62. The Morgan fingerprint density at radius 1 is 1.05 bits per heavy atom. The molecule has 0 aliphatic carbocycles. The van der Waals surface area contributed by atoms with E-state index >= 15 is 0 Å². The fourth-order valence-electron chi connectivity index (χ4n) is 1.78. The number of ether oxygens (including phenoxy) is 1. The Morgan fingerprint density at radius 3 is 2.26 bits per heavy atom. The SMILES string of the molecule is CC(CN)c1ccc(COc2ccc(Cl)cc2)cc1. The Bertz CT molecular complexity index is 507. The minimum Gasteiger partial charge on any atom is -0.489 e. The van der Waals surface area contributed by atoms with E-state index in [1.165, 1.54) is 5.56 Å². The third kappa shape index (κ3) is 3.98. The van der Waals surface area contributed by atoms with Gasteiger partial charge in [0.25, 0.3) is 0 Å². The summed E-state index contributed by atoms with van der Waals surface area (Å²) in [7, 11) is 0. The summed E-state index contributed by atoms with van der Waals surface area (Å²) in [5.74, 6) is 1.22. The zero-order valence-electron chi connectivity index (χ0n) is 11.0. The van der Waals surface area contributed by atoms with Crippen LogP contribution in [-0.4, -0.2) is 6.54 Å². The molecule has 0 heterocycles. The molecular weight excluding hydrogens is 258 g/mol. The maximum atomic E-state index is 5.82. The highest BCUT2D eigenvalue weighted by Crippen LogP contribution is 2.18. The smallest absolute Gasteiger partial charge is 0.119 e. The zero-order chi connectivity index (χ0) is 13.7. The lowest BCUT2D eigenvalue weighted by molar-refractivity contribution is 0.306. The zero-order valence-corrected chi connectivity index (χ0v) is 11.7. The van der Waals surface area contributed by atoms with Crippen LogP contribution in [0.3, 0.4) is 0 Å². The van der Waals surface area contributed by atoms with Crippen molar-refractivity contribution in [1.29, 1.82) is 0 Å². The Labute approximate surface area is 119 Å². The first-order chi connectivity index (χ1) is 9.19. The molecule has 0 fully saturated rings. The summed E-state index contributed by atoms with van der Waals surface area (Å²) in [5.41, 5.74) is 8.06. The largest absolute Gasteiger partial charge is 0.489 e. The molecule has 0 aliphatic heterocycles. The van der Waals surface area contributed by atoms with Crippen LogP contribution >= 0.6 is 11.6 Å². The highest BCUT2D eigenvalue weighted by molar-refractivity contribution is 6.30. The van der Waals surface area contributed by atoms with Gasteiger partial charge in [0.05, 0.1) is 0 Å². The van der Waals surface area contributed by atoms with E-state index in [4.69, 9.17) is 22.1 Å². The standard InChI is InChI=1S/C16H18ClNO/c1-12(10-18)14-4-2-13(3-5-14)11-19-16-8-6-15(17)7-9-16/h2-9,12H,10-11,18H2,1H3. The van der Waals surface area contributed by atoms with Gasteiger partial charge in [0.2, 0.25) is 0 Å². The predicted molar refractivity (Wildman–Crippen MR) is 79.7 cm³/mol. The van der Waals surface area contributed by atoms with Crippen LogP contribution in [0.25, 0.3) is 0 Å². The van der Waals surface area contributed by atoms with Gasteiger partial charge in [0, 0.05) is 5.02 Å². The van der Waals surface area contributed by atoms with E-state index < -0.39 is 0 Å². The molecule has 0 radical (unpaired) electrons. The molecule has 0 saturated heterocycles. The van der Waals surface area contributed by atoms with Crippen LogP contribution in [0.5, 0.6) is 5.75 Å². The topological polar surface area (TPSA) is 35.2 Å². The molecule has 100 valence electrons. The highest BCUT2D eigenvalue weighted by atomic mass is 35.5. The molecule has 3 heteroatoms. The summed E-state index contributed by atoms with van der Waals surface area (Å²) in [6.07, 6.45) is 0. The van der Waals surface area contributed by atoms with Gasteiger partial charge in [-0.25, -0.2) is 0 Å². The molecule has 0 bridgehead atoms. The van der Waals surface area contributed by atoms with Crippen LogP contribution < -0.4 is 10.5 Å². The van der Waals surface area contributed by atoms with Crippen LogP contribution in [0.4, 0.5) is 0 Å². The summed E-state index contributed by atoms with van der Waals surface area (Å²) in [5, 5.41) is 0.715. The van der Waals surface area contributed by atoms with E-state index in [2.05, 4.69) is 31.2 Å². The number of hydrogen-bond acceptors (Lipinski definition) is 2. The summed E-state index contributed by atoms with van der Waals surface area (Å²) in [6, 6.07) is 15.8. The third-order valence-electron chi connectivity index (χ3n) is 3.12. The molecule has 2 nitrogen and oxygen atoms in total. The van der Waals surface area contributed by atoms with Crippen molar-refractivity contribution in [2.24, 2.45) is 5.73 Å². The molecule has 2 aromatic carbocycles. The van der Waals surface area contributed by atoms with Crippen molar-refractivity contribution in [3.05, 3.63) is 64.7 Å². The van der Waals surface area contributed by atoms with Crippen LogP contribution in [0.1, 0.15) is 24.0 Å². The first-order valence-electron chi connectivity index (χ1n) is 6.36. The lowest BCUT2D eigenvalue weighted by Gasteiger charge is -2.10. The summed E-state index contributed by atoms with van der Waals surface area (Å²) in [6.45, 7) is 3.35. The molecule has 2 aromatic rings. The van der Waals surface area contributed by atoms with Gasteiger partial charge >= 0.3 is 0 Å².